The van der Waals surface area contributed by atoms with Gasteiger partial charge < -0.3 is 24.2 Å². The van der Waals surface area contributed by atoms with E-state index in [2.05, 4.69) is 28.5 Å². The molecule has 9 nitrogen and oxygen atoms in total. The molecule has 1 aromatic rings. The summed E-state index contributed by atoms with van der Waals surface area (Å²) in [5.41, 5.74) is 1.57. The summed E-state index contributed by atoms with van der Waals surface area (Å²) in [6, 6.07) is 0.143. The Hall–Kier alpha value is -1.97. The van der Waals surface area contributed by atoms with Crippen LogP contribution in [0.2, 0.25) is 0 Å². The van der Waals surface area contributed by atoms with Gasteiger partial charge in [-0.15, -0.1) is 0 Å². The first-order chi connectivity index (χ1) is 15.1. The lowest BCUT2D eigenvalue weighted by Gasteiger charge is -2.37. The largest absolute Gasteiger partial charge is 0.378 e. The van der Waals surface area contributed by atoms with E-state index in [1.165, 1.54) is 12.8 Å². The number of carbonyl (C=O) groups is 1. The molecule has 1 aromatic heterocycles. The van der Waals surface area contributed by atoms with Crippen LogP contribution in [0.5, 0.6) is 0 Å². The Kier molecular flexibility index (Phi) is 5.99. The van der Waals surface area contributed by atoms with E-state index >= 15 is 0 Å². The molecule has 0 aromatic carbocycles. The van der Waals surface area contributed by atoms with E-state index in [0.717, 1.165) is 63.8 Å². The van der Waals surface area contributed by atoms with Crippen LogP contribution in [0.4, 0.5) is 11.8 Å². The number of hydrogen-bond acceptors (Lipinski definition) is 8. The van der Waals surface area contributed by atoms with Crippen molar-refractivity contribution in [3.8, 4) is 0 Å². The van der Waals surface area contributed by atoms with E-state index in [1.54, 1.807) is 0 Å². The summed E-state index contributed by atoms with van der Waals surface area (Å²) >= 11 is 0. The minimum atomic E-state index is 0.0279. The molecule has 9 heteroatoms. The standard InChI is InChI=1S/C22H34N6O3/c1-16(2)28-15-18-19(21(28)29)23-22(27-9-12-30-13-10-27)24-20(18)26-7-5-25(6-8-26)14-17-4-3-11-31-17/h16-17H,3-15H2,1-2H3. The van der Waals surface area contributed by atoms with Crippen molar-refractivity contribution in [2.45, 2.75) is 45.4 Å². The number of piperazine rings is 1. The van der Waals surface area contributed by atoms with Gasteiger partial charge in [0, 0.05) is 64.0 Å². The highest BCUT2D eigenvalue weighted by molar-refractivity contribution is 5.98. The van der Waals surface area contributed by atoms with Gasteiger partial charge in [-0.1, -0.05) is 0 Å². The molecular formula is C22H34N6O3. The van der Waals surface area contributed by atoms with Crippen LogP contribution in [-0.2, 0) is 16.0 Å². The monoisotopic (exact) mass is 430 g/mol. The molecule has 1 amide bonds. The molecule has 1 atom stereocenters. The quantitative estimate of drug-likeness (QED) is 0.685. The van der Waals surface area contributed by atoms with Crippen molar-refractivity contribution in [1.29, 1.82) is 0 Å². The normalized spacial score (nSPS) is 25.1. The number of amides is 1. The number of fused-ring (bicyclic) bond motifs is 1. The Morgan fingerprint density at radius 2 is 1.77 bits per heavy atom. The molecule has 1 unspecified atom stereocenters. The Bertz CT molecular complexity index is 799. The van der Waals surface area contributed by atoms with Crippen LogP contribution in [-0.4, -0.2) is 103 Å². The van der Waals surface area contributed by atoms with E-state index in [4.69, 9.17) is 19.4 Å². The molecule has 4 aliphatic rings. The number of carbonyl (C=O) groups excluding carboxylic acids is 1. The van der Waals surface area contributed by atoms with Crippen LogP contribution < -0.4 is 9.80 Å². The fourth-order valence-electron chi connectivity index (χ4n) is 4.96. The topological polar surface area (TPSA) is 74.3 Å². The maximum absolute atomic E-state index is 13.1. The molecule has 170 valence electrons. The number of rotatable bonds is 5. The summed E-state index contributed by atoms with van der Waals surface area (Å²) in [5.74, 6) is 1.64. The van der Waals surface area contributed by atoms with Crippen molar-refractivity contribution >= 4 is 17.7 Å². The average Bonchev–Trinajstić information content (AvgIpc) is 3.42. The van der Waals surface area contributed by atoms with Gasteiger partial charge in [-0.3, -0.25) is 9.69 Å². The Balaban J connectivity index is 1.38. The zero-order chi connectivity index (χ0) is 21.4. The van der Waals surface area contributed by atoms with E-state index < -0.39 is 0 Å². The molecule has 0 saturated carbocycles. The summed E-state index contributed by atoms with van der Waals surface area (Å²) in [6.07, 6.45) is 2.75. The second-order valence-corrected chi connectivity index (χ2v) is 9.22. The Labute approximate surface area is 184 Å². The predicted octanol–water partition coefficient (Wildman–Crippen LogP) is 0.978. The van der Waals surface area contributed by atoms with Gasteiger partial charge in [0.25, 0.3) is 5.91 Å². The lowest BCUT2D eigenvalue weighted by atomic mass is 10.2. The van der Waals surface area contributed by atoms with Crippen LogP contribution in [0.25, 0.3) is 0 Å². The lowest BCUT2D eigenvalue weighted by molar-refractivity contribution is 0.0712. The number of nitrogens with zero attached hydrogens (tertiary/aromatic N) is 6. The highest BCUT2D eigenvalue weighted by Crippen LogP contribution is 2.33. The van der Waals surface area contributed by atoms with Gasteiger partial charge in [-0.2, -0.15) is 4.98 Å². The number of anilines is 2. The smallest absolute Gasteiger partial charge is 0.273 e. The van der Waals surface area contributed by atoms with Crippen molar-refractivity contribution in [3.05, 3.63) is 11.3 Å². The van der Waals surface area contributed by atoms with Crippen LogP contribution in [0, 0.1) is 0 Å². The van der Waals surface area contributed by atoms with Gasteiger partial charge in [0.05, 0.1) is 25.9 Å². The van der Waals surface area contributed by atoms with Crippen molar-refractivity contribution in [2.75, 3.05) is 75.4 Å². The zero-order valence-corrected chi connectivity index (χ0v) is 18.8. The number of hydrogen-bond donors (Lipinski definition) is 0. The molecule has 5 rings (SSSR count). The maximum Gasteiger partial charge on any atom is 0.273 e. The molecule has 0 radical (unpaired) electrons. The third-order valence-electron chi connectivity index (χ3n) is 6.84. The highest BCUT2D eigenvalue weighted by Gasteiger charge is 2.37. The van der Waals surface area contributed by atoms with E-state index in [1.807, 2.05) is 4.90 Å². The minimum absolute atomic E-state index is 0.0279. The third-order valence-corrected chi connectivity index (χ3v) is 6.84. The van der Waals surface area contributed by atoms with Crippen molar-refractivity contribution in [1.82, 2.24) is 19.8 Å². The summed E-state index contributed by atoms with van der Waals surface area (Å²) in [7, 11) is 0. The number of morpholine rings is 1. The van der Waals surface area contributed by atoms with Gasteiger partial charge in [0.15, 0.2) is 0 Å². The molecule has 4 aliphatic heterocycles. The summed E-state index contributed by atoms with van der Waals surface area (Å²) < 4.78 is 11.3. The molecule has 0 bridgehead atoms. The average molecular weight is 431 g/mol. The molecule has 31 heavy (non-hydrogen) atoms. The third kappa shape index (κ3) is 4.23. The van der Waals surface area contributed by atoms with Gasteiger partial charge >= 0.3 is 0 Å². The minimum Gasteiger partial charge on any atom is -0.378 e. The van der Waals surface area contributed by atoms with E-state index in [0.29, 0.717) is 37.5 Å². The van der Waals surface area contributed by atoms with E-state index in [9.17, 15) is 4.79 Å². The Morgan fingerprint density at radius 3 is 2.45 bits per heavy atom. The van der Waals surface area contributed by atoms with Crippen molar-refractivity contribution < 1.29 is 14.3 Å². The lowest BCUT2D eigenvalue weighted by Crippen LogP contribution is -2.49. The first-order valence-electron chi connectivity index (χ1n) is 11.7. The van der Waals surface area contributed by atoms with Crippen LogP contribution in [0.1, 0.15) is 42.7 Å². The molecule has 5 heterocycles. The maximum atomic E-state index is 13.1. The Morgan fingerprint density at radius 1 is 1.00 bits per heavy atom. The predicted molar refractivity (Wildman–Crippen MR) is 118 cm³/mol. The van der Waals surface area contributed by atoms with Gasteiger partial charge in [-0.05, 0) is 26.7 Å². The van der Waals surface area contributed by atoms with Crippen molar-refractivity contribution in [3.63, 3.8) is 0 Å². The van der Waals surface area contributed by atoms with Crippen molar-refractivity contribution in [2.24, 2.45) is 0 Å². The van der Waals surface area contributed by atoms with E-state index in [-0.39, 0.29) is 11.9 Å². The summed E-state index contributed by atoms with van der Waals surface area (Å²) in [4.78, 5) is 31.8. The summed E-state index contributed by atoms with van der Waals surface area (Å²) in [5, 5.41) is 0. The molecule has 0 aliphatic carbocycles. The summed E-state index contributed by atoms with van der Waals surface area (Å²) in [6.45, 7) is 13.3. The second-order valence-electron chi connectivity index (χ2n) is 9.22. The second kappa shape index (κ2) is 8.88. The van der Waals surface area contributed by atoms with Gasteiger partial charge in [0.1, 0.15) is 11.5 Å². The molecule has 3 fully saturated rings. The molecule has 0 spiro atoms. The molecular weight excluding hydrogens is 396 g/mol. The number of aromatic nitrogens is 2. The first kappa shape index (κ1) is 20.9. The SMILES string of the molecule is CC(C)N1Cc2c(nc(N3CCOCC3)nc2N2CCN(CC3CCCO3)CC2)C1=O. The van der Waals surface area contributed by atoms with Crippen LogP contribution >= 0.6 is 0 Å². The molecule has 0 N–H and O–H groups in total. The van der Waals surface area contributed by atoms with Crippen LogP contribution in [0.15, 0.2) is 0 Å². The van der Waals surface area contributed by atoms with Crippen LogP contribution in [0.3, 0.4) is 0 Å². The highest BCUT2D eigenvalue weighted by atomic mass is 16.5. The molecule has 3 saturated heterocycles. The number of ether oxygens (including phenoxy) is 2. The zero-order valence-electron chi connectivity index (χ0n) is 18.8. The fourth-order valence-corrected chi connectivity index (χ4v) is 4.96. The van der Waals surface area contributed by atoms with Gasteiger partial charge in [-0.25, -0.2) is 4.98 Å². The van der Waals surface area contributed by atoms with Gasteiger partial charge in [0.2, 0.25) is 5.95 Å². The fraction of sp³-hybridized carbons (Fsp3) is 0.773. The first-order valence-corrected chi connectivity index (χ1v) is 11.7.